The van der Waals surface area contributed by atoms with E-state index >= 15 is 0 Å². The molecular formula is C31H21N3O5. The molecule has 0 aliphatic rings. The molecule has 1 N–H and O–H groups in total. The summed E-state index contributed by atoms with van der Waals surface area (Å²) in [5.41, 5.74) is 2.54. The normalized spacial score (nSPS) is 11.4. The van der Waals surface area contributed by atoms with Gasteiger partial charge in [0.25, 0.3) is 5.56 Å². The summed E-state index contributed by atoms with van der Waals surface area (Å²) in [5, 5.41) is 15.0. The number of hydrogen-bond donors (Lipinski definition) is 1. The van der Waals surface area contributed by atoms with E-state index in [4.69, 9.17) is 14.1 Å². The average Bonchev–Trinajstić information content (AvgIpc) is 3.40. The molecule has 4 aromatic carbocycles. The number of carbonyl (C=O) groups is 1. The van der Waals surface area contributed by atoms with Crippen LogP contribution in [0.15, 0.2) is 117 Å². The highest BCUT2D eigenvalue weighted by Crippen LogP contribution is 2.27. The summed E-state index contributed by atoms with van der Waals surface area (Å²) in [6.07, 6.45) is 1.56. The van der Waals surface area contributed by atoms with E-state index in [-0.39, 0.29) is 23.6 Å². The van der Waals surface area contributed by atoms with Gasteiger partial charge in [-0.15, -0.1) is 0 Å². The van der Waals surface area contributed by atoms with Crippen LogP contribution in [-0.2, 0) is 6.61 Å². The van der Waals surface area contributed by atoms with Crippen LogP contribution in [0.1, 0.15) is 21.5 Å². The van der Waals surface area contributed by atoms with Crippen LogP contribution < -0.4 is 10.3 Å². The zero-order chi connectivity index (χ0) is 26.8. The Bertz CT molecular complexity index is 1900. The number of nitrogens with zero attached hydrogens (tertiary/aromatic N) is 3. The first kappa shape index (κ1) is 23.9. The molecule has 0 bridgehead atoms. The Morgan fingerprint density at radius 1 is 0.949 bits per heavy atom. The molecule has 0 saturated carbocycles. The summed E-state index contributed by atoms with van der Waals surface area (Å²) >= 11 is 0. The molecule has 8 heteroatoms. The lowest BCUT2D eigenvalue weighted by Gasteiger charge is -2.08. The van der Waals surface area contributed by atoms with Crippen molar-refractivity contribution in [2.45, 2.75) is 6.61 Å². The van der Waals surface area contributed by atoms with Gasteiger partial charge in [0.05, 0.1) is 22.7 Å². The zero-order valence-electron chi connectivity index (χ0n) is 20.5. The first-order valence-corrected chi connectivity index (χ1v) is 12.2. The summed E-state index contributed by atoms with van der Waals surface area (Å²) in [5.74, 6) is 0.297. The highest BCUT2D eigenvalue weighted by atomic mass is 16.5. The smallest absolute Gasteiger partial charge is 0.335 e. The molecule has 0 fully saturated rings. The number of aromatic carboxylic acids is 1. The first-order chi connectivity index (χ1) is 19.0. The standard InChI is InChI=1S/C31H21N3O5/c35-30-25-12-2-3-13-26(25)33-29(28-17-22-9-1-4-14-27(22)39-28)34(30)32-18-20-7-6-11-24(16-20)38-19-21-8-5-10-23(15-21)31(36)37/h1-18H,19H2,(H,36,37). The average molecular weight is 516 g/mol. The van der Waals surface area contributed by atoms with E-state index in [9.17, 15) is 14.7 Å². The van der Waals surface area contributed by atoms with Crippen LogP contribution in [0.2, 0.25) is 0 Å². The van der Waals surface area contributed by atoms with Crippen molar-refractivity contribution in [2.24, 2.45) is 5.10 Å². The Balaban J connectivity index is 1.33. The Kier molecular flexibility index (Phi) is 6.18. The molecule has 0 aliphatic heterocycles. The van der Waals surface area contributed by atoms with Gasteiger partial charge in [-0.3, -0.25) is 4.79 Å². The van der Waals surface area contributed by atoms with Crippen LogP contribution in [0.5, 0.6) is 5.75 Å². The van der Waals surface area contributed by atoms with Gasteiger partial charge >= 0.3 is 5.97 Å². The maximum atomic E-state index is 13.5. The van der Waals surface area contributed by atoms with E-state index in [0.29, 0.717) is 33.6 Å². The highest BCUT2D eigenvalue weighted by molar-refractivity contribution is 5.88. The predicted molar refractivity (Wildman–Crippen MR) is 148 cm³/mol. The lowest BCUT2D eigenvalue weighted by Crippen LogP contribution is -2.20. The molecule has 8 nitrogen and oxygen atoms in total. The van der Waals surface area contributed by atoms with Crippen LogP contribution in [0.3, 0.4) is 0 Å². The molecule has 0 radical (unpaired) electrons. The molecule has 0 atom stereocenters. The highest BCUT2D eigenvalue weighted by Gasteiger charge is 2.16. The maximum absolute atomic E-state index is 13.5. The van der Waals surface area contributed by atoms with Crippen LogP contribution >= 0.6 is 0 Å². The Morgan fingerprint density at radius 2 is 1.77 bits per heavy atom. The number of aromatic nitrogens is 2. The topological polar surface area (TPSA) is 107 Å². The molecule has 0 spiro atoms. The fraction of sp³-hybridized carbons (Fsp3) is 0.0323. The quantitative estimate of drug-likeness (QED) is 0.263. The van der Waals surface area contributed by atoms with E-state index in [1.165, 1.54) is 10.7 Å². The molecule has 6 aromatic rings. The Labute approximate surface area is 222 Å². The van der Waals surface area contributed by atoms with Crippen molar-refractivity contribution in [2.75, 3.05) is 0 Å². The molecule has 0 unspecified atom stereocenters. The van der Waals surface area contributed by atoms with Gasteiger partial charge in [0.15, 0.2) is 5.76 Å². The number of rotatable bonds is 7. The molecule has 39 heavy (non-hydrogen) atoms. The molecule has 0 aliphatic carbocycles. The van der Waals surface area contributed by atoms with Gasteiger partial charge in [0, 0.05) is 5.39 Å². The van der Waals surface area contributed by atoms with Crippen molar-refractivity contribution >= 4 is 34.1 Å². The lowest BCUT2D eigenvalue weighted by atomic mass is 10.1. The van der Waals surface area contributed by atoms with Gasteiger partial charge in [0.2, 0.25) is 5.82 Å². The van der Waals surface area contributed by atoms with Gasteiger partial charge in [-0.05, 0) is 59.7 Å². The van der Waals surface area contributed by atoms with E-state index in [1.807, 2.05) is 48.5 Å². The van der Waals surface area contributed by atoms with Crippen LogP contribution in [0.4, 0.5) is 0 Å². The SMILES string of the molecule is O=C(O)c1cccc(COc2cccc(C=Nn3c(-c4cc5ccccc5o4)nc4ccccc4c3=O)c2)c1. The molecular weight excluding hydrogens is 494 g/mol. The Hall–Kier alpha value is -5.50. The minimum Gasteiger partial charge on any atom is -0.489 e. The van der Waals surface area contributed by atoms with E-state index in [2.05, 4.69) is 5.10 Å². The van der Waals surface area contributed by atoms with Crippen LogP contribution in [-0.4, -0.2) is 27.0 Å². The minimum atomic E-state index is -0.990. The van der Waals surface area contributed by atoms with Crippen molar-refractivity contribution in [3.8, 4) is 17.3 Å². The molecule has 0 saturated heterocycles. The second-order valence-electron chi connectivity index (χ2n) is 8.83. The molecule has 2 aromatic heterocycles. The number of carboxylic acids is 1. The summed E-state index contributed by atoms with van der Waals surface area (Å²) in [4.78, 5) is 29.4. The monoisotopic (exact) mass is 515 g/mol. The van der Waals surface area contributed by atoms with Crippen molar-refractivity contribution in [3.63, 3.8) is 0 Å². The molecule has 190 valence electrons. The minimum absolute atomic E-state index is 0.200. The van der Waals surface area contributed by atoms with E-state index in [0.717, 1.165) is 10.9 Å². The van der Waals surface area contributed by atoms with Gasteiger partial charge in [-0.1, -0.05) is 54.6 Å². The lowest BCUT2D eigenvalue weighted by molar-refractivity contribution is 0.0696. The van der Waals surface area contributed by atoms with Gasteiger partial charge in [0.1, 0.15) is 17.9 Å². The van der Waals surface area contributed by atoms with E-state index in [1.54, 1.807) is 54.7 Å². The molecule has 6 rings (SSSR count). The van der Waals surface area contributed by atoms with Crippen LogP contribution in [0.25, 0.3) is 33.5 Å². The predicted octanol–water partition coefficient (Wildman–Crippen LogP) is 5.97. The summed E-state index contributed by atoms with van der Waals surface area (Å²) in [6.45, 7) is 0.200. The first-order valence-electron chi connectivity index (χ1n) is 12.2. The number of ether oxygens (including phenoxy) is 1. The number of para-hydroxylation sites is 2. The fourth-order valence-electron chi connectivity index (χ4n) is 4.25. The summed E-state index contributed by atoms with van der Waals surface area (Å²) in [7, 11) is 0. The van der Waals surface area contributed by atoms with Gasteiger partial charge in [-0.2, -0.15) is 9.78 Å². The van der Waals surface area contributed by atoms with Crippen molar-refractivity contribution in [1.29, 1.82) is 0 Å². The van der Waals surface area contributed by atoms with Gasteiger partial charge in [-0.25, -0.2) is 9.78 Å². The Morgan fingerprint density at radius 3 is 2.64 bits per heavy atom. The zero-order valence-corrected chi connectivity index (χ0v) is 20.5. The molecule has 2 heterocycles. The number of fused-ring (bicyclic) bond motifs is 2. The maximum Gasteiger partial charge on any atom is 0.335 e. The third kappa shape index (κ3) is 4.91. The molecule has 0 amide bonds. The van der Waals surface area contributed by atoms with Crippen molar-refractivity contribution in [3.05, 3.63) is 130 Å². The largest absolute Gasteiger partial charge is 0.489 e. The number of hydrogen-bond acceptors (Lipinski definition) is 6. The summed E-state index contributed by atoms with van der Waals surface area (Å²) in [6, 6.07) is 30.3. The van der Waals surface area contributed by atoms with Crippen LogP contribution in [0, 0.1) is 0 Å². The third-order valence-electron chi connectivity index (χ3n) is 6.16. The third-order valence-corrected chi connectivity index (χ3v) is 6.16. The van der Waals surface area contributed by atoms with Gasteiger partial charge < -0.3 is 14.3 Å². The number of furan rings is 1. The second kappa shape index (κ2) is 10.1. The van der Waals surface area contributed by atoms with Crippen molar-refractivity contribution in [1.82, 2.24) is 9.66 Å². The second-order valence-corrected chi connectivity index (χ2v) is 8.83. The summed E-state index contributed by atoms with van der Waals surface area (Å²) < 4.78 is 13.1. The number of carboxylic acid groups (broad SMARTS) is 1. The van der Waals surface area contributed by atoms with E-state index < -0.39 is 5.97 Å². The fourth-order valence-corrected chi connectivity index (χ4v) is 4.25. The van der Waals surface area contributed by atoms with Crippen molar-refractivity contribution < 1.29 is 19.1 Å². The number of benzene rings is 4.